The zero-order chi connectivity index (χ0) is 40.3. The average molecular weight is 767 g/mol. The van der Waals surface area contributed by atoms with Gasteiger partial charge in [-0.1, -0.05) is 149 Å². The standard InChI is InChI=1S/C55H50N4/c1-5-36-27-38-26-35(2)31-55(32-36,33-38)44-22-18-40(19-23-44)51-57-52(59-53(58-51)43-21-25-47-46-16-9-10-17-49(46)54(3,4)50(47)30-43)42-20-24-45(41-15-11-12-37(28-41)34-56)48(29-42)39-13-7-6-8-14-39/h6-25,28-30,35-36,38H,5,26-27,31-33H2,1-4H3/t35-,36+,38-,55?/m1/s1. The Morgan fingerprint density at radius 1 is 0.559 bits per heavy atom. The summed E-state index contributed by atoms with van der Waals surface area (Å²) < 4.78 is 0. The first-order chi connectivity index (χ1) is 28.7. The Labute approximate surface area is 349 Å². The van der Waals surface area contributed by atoms with Crippen molar-refractivity contribution in [2.45, 2.75) is 77.0 Å². The Morgan fingerprint density at radius 3 is 1.95 bits per heavy atom. The lowest BCUT2D eigenvalue weighted by Crippen LogP contribution is -2.42. The number of nitrogens with zero attached hydrogens (tertiary/aromatic N) is 4. The topological polar surface area (TPSA) is 62.5 Å². The molecule has 7 aromatic rings. The molecule has 1 aromatic heterocycles. The third-order valence-corrected chi connectivity index (χ3v) is 14.0. The van der Waals surface area contributed by atoms with E-state index in [4.69, 9.17) is 15.0 Å². The van der Waals surface area contributed by atoms with Crippen LogP contribution in [-0.4, -0.2) is 15.0 Å². The number of fused-ring (bicyclic) bond motifs is 5. The van der Waals surface area contributed by atoms with Gasteiger partial charge in [0.05, 0.1) is 11.6 Å². The summed E-state index contributed by atoms with van der Waals surface area (Å²) in [5.41, 5.74) is 14.5. The van der Waals surface area contributed by atoms with E-state index >= 15 is 0 Å². The second-order valence-corrected chi connectivity index (χ2v) is 18.2. The Bertz CT molecular complexity index is 2750. The van der Waals surface area contributed by atoms with Gasteiger partial charge in [0.1, 0.15) is 0 Å². The number of nitriles is 1. The second-order valence-electron chi connectivity index (χ2n) is 18.2. The fourth-order valence-electron chi connectivity index (χ4n) is 11.3. The van der Waals surface area contributed by atoms with Crippen LogP contribution in [0.1, 0.15) is 88.5 Å². The summed E-state index contributed by atoms with van der Waals surface area (Å²) in [6.07, 6.45) is 7.92. The molecule has 3 aliphatic rings. The van der Waals surface area contributed by atoms with E-state index in [2.05, 4.69) is 149 Å². The summed E-state index contributed by atoms with van der Waals surface area (Å²) in [5.74, 6) is 4.37. The van der Waals surface area contributed by atoms with Crippen molar-refractivity contribution in [3.05, 3.63) is 162 Å². The fraction of sp³-hybridized carbons (Fsp3) is 0.273. The molecular formula is C55H50N4. The van der Waals surface area contributed by atoms with E-state index in [-0.39, 0.29) is 10.8 Å². The van der Waals surface area contributed by atoms with E-state index in [0.29, 0.717) is 23.0 Å². The highest BCUT2D eigenvalue weighted by Crippen LogP contribution is 2.55. The van der Waals surface area contributed by atoms with Crippen LogP contribution in [0, 0.1) is 29.1 Å². The van der Waals surface area contributed by atoms with Crippen LogP contribution in [0.15, 0.2) is 140 Å². The Kier molecular flexibility index (Phi) is 9.17. The molecule has 2 fully saturated rings. The van der Waals surface area contributed by atoms with Crippen LogP contribution < -0.4 is 0 Å². The average Bonchev–Trinajstić information content (AvgIpc) is 3.51. The molecule has 6 aromatic carbocycles. The second kappa shape index (κ2) is 14.6. The predicted molar refractivity (Wildman–Crippen MR) is 240 cm³/mol. The molecule has 3 aliphatic carbocycles. The van der Waals surface area contributed by atoms with E-state index < -0.39 is 0 Å². The zero-order valence-electron chi connectivity index (χ0n) is 34.5. The molecule has 0 spiro atoms. The Morgan fingerprint density at radius 2 is 1.20 bits per heavy atom. The largest absolute Gasteiger partial charge is 0.208 e. The van der Waals surface area contributed by atoms with E-state index in [1.54, 1.807) is 0 Å². The van der Waals surface area contributed by atoms with Gasteiger partial charge in [0.2, 0.25) is 0 Å². The molecule has 1 heterocycles. The molecule has 0 amide bonds. The molecule has 290 valence electrons. The minimum Gasteiger partial charge on any atom is -0.208 e. The molecule has 0 radical (unpaired) electrons. The summed E-state index contributed by atoms with van der Waals surface area (Å²) in [5, 5.41) is 9.73. The van der Waals surface area contributed by atoms with Crippen LogP contribution in [0.5, 0.6) is 0 Å². The van der Waals surface area contributed by atoms with E-state index in [1.807, 2.05) is 24.3 Å². The summed E-state index contributed by atoms with van der Waals surface area (Å²) in [6.45, 7) is 9.48. The Hall–Kier alpha value is -6.18. The molecule has 10 rings (SSSR count). The first-order valence-electron chi connectivity index (χ1n) is 21.5. The van der Waals surface area contributed by atoms with Gasteiger partial charge in [0.25, 0.3) is 0 Å². The van der Waals surface area contributed by atoms with Gasteiger partial charge in [-0.3, -0.25) is 0 Å². The maximum Gasteiger partial charge on any atom is 0.164 e. The number of aromatic nitrogens is 3. The number of rotatable bonds is 7. The minimum absolute atomic E-state index is 0.148. The van der Waals surface area contributed by atoms with Gasteiger partial charge in [-0.05, 0) is 130 Å². The van der Waals surface area contributed by atoms with Crippen LogP contribution in [0.25, 0.3) is 67.5 Å². The lowest BCUT2D eigenvalue weighted by molar-refractivity contribution is 0.0702. The van der Waals surface area contributed by atoms with Crippen LogP contribution >= 0.6 is 0 Å². The normalized spacial score (nSPS) is 21.3. The Balaban J connectivity index is 1.11. The van der Waals surface area contributed by atoms with Crippen molar-refractivity contribution >= 4 is 0 Å². The van der Waals surface area contributed by atoms with Gasteiger partial charge < -0.3 is 0 Å². The summed E-state index contributed by atoms with van der Waals surface area (Å²) in [7, 11) is 0. The number of benzene rings is 6. The monoisotopic (exact) mass is 766 g/mol. The molecule has 4 atom stereocenters. The lowest BCUT2D eigenvalue weighted by atomic mass is 9.54. The van der Waals surface area contributed by atoms with Crippen LogP contribution in [-0.2, 0) is 10.8 Å². The molecule has 4 nitrogen and oxygen atoms in total. The van der Waals surface area contributed by atoms with Crippen LogP contribution in [0.2, 0.25) is 0 Å². The molecule has 2 bridgehead atoms. The molecule has 0 aliphatic heterocycles. The van der Waals surface area contributed by atoms with Crippen molar-refractivity contribution in [1.82, 2.24) is 15.0 Å². The molecule has 0 saturated heterocycles. The highest BCUT2D eigenvalue weighted by molar-refractivity contribution is 5.87. The molecule has 59 heavy (non-hydrogen) atoms. The van der Waals surface area contributed by atoms with Crippen LogP contribution in [0.4, 0.5) is 0 Å². The summed E-state index contributed by atoms with van der Waals surface area (Å²) in [4.78, 5) is 15.8. The van der Waals surface area contributed by atoms with Gasteiger partial charge in [-0.25, -0.2) is 15.0 Å². The zero-order valence-corrected chi connectivity index (χ0v) is 34.5. The molecule has 2 saturated carbocycles. The molecule has 0 N–H and O–H groups in total. The third kappa shape index (κ3) is 6.58. The highest BCUT2D eigenvalue weighted by atomic mass is 15.0. The maximum atomic E-state index is 9.73. The van der Waals surface area contributed by atoms with Gasteiger partial charge in [0, 0.05) is 22.1 Å². The third-order valence-electron chi connectivity index (χ3n) is 14.0. The van der Waals surface area contributed by atoms with E-state index in [1.165, 1.54) is 66.3 Å². The van der Waals surface area contributed by atoms with Crippen molar-refractivity contribution in [2.75, 3.05) is 0 Å². The SMILES string of the molecule is CC[C@H]1C[C@H]2C[C@@H](C)CC(c3ccc(-c4nc(-c5ccc(-c6cccc(C#N)c6)c(-c6ccccc6)c5)nc(-c5ccc6c(c5)C(C)(C)c5ccccc5-6)n4)cc3)(C2)C1. The van der Waals surface area contributed by atoms with Gasteiger partial charge >= 0.3 is 0 Å². The lowest BCUT2D eigenvalue weighted by Gasteiger charge is -2.51. The maximum absolute atomic E-state index is 9.73. The summed E-state index contributed by atoms with van der Waals surface area (Å²) in [6, 6.07) is 51.8. The predicted octanol–water partition coefficient (Wildman–Crippen LogP) is 13.9. The van der Waals surface area contributed by atoms with E-state index in [9.17, 15) is 5.26 Å². The van der Waals surface area contributed by atoms with Crippen LogP contribution in [0.3, 0.4) is 0 Å². The molecule has 4 heteroatoms. The van der Waals surface area contributed by atoms with Crippen molar-refractivity contribution in [1.29, 1.82) is 5.26 Å². The fourth-order valence-corrected chi connectivity index (χ4v) is 11.3. The van der Waals surface area contributed by atoms with Gasteiger partial charge in [0.15, 0.2) is 17.5 Å². The van der Waals surface area contributed by atoms with Crippen molar-refractivity contribution in [3.63, 3.8) is 0 Å². The molecule has 1 unspecified atom stereocenters. The first kappa shape index (κ1) is 37.1. The van der Waals surface area contributed by atoms with Gasteiger partial charge in [-0.2, -0.15) is 5.26 Å². The van der Waals surface area contributed by atoms with Crippen molar-refractivity contribution < 1.29 is 0 Å². The first-order valence-corrected chi connectivity index (χ1v) is 21.5. The number of hydrogen-bond donors (Lipinski definition) is 0. The number of hydrogen-bond acceptors (Lipinski definition) is 4. The van der Waals surface area contributed by atoms with E-state index in [0.717, 1.165) is 56.7 Å². The van der Waals surface area contributed by atoms with Gasteiger partial charge in [-0.15, -0.1) is 0 Å². The molecular weight excluding hydrogens is 717 g/mol. The summed E-state index contributed by atoms with van der Waals surface area (Å²) >= 11 is 0. The smallest absolute Gasteiger partial charge is 0.164 e. The highest BCUT2D eigenvalue weighted by Gasteiger charge is 2.45. The quantitative estimate of drug-likeness (QED) is 0.162. The van der Waals surface area contributed by atoms with Crippen molar-refractivity contribution in [2.24, 2.45) is 17.8 Å². The minimum atomic E-state index is -0.148. The van der Waals surface area contributed by atoms with Crippen molar-refractivity contribution in [3.8, 4) is 73.6 Å².